The van der Waals surface area contributed by atoms with Crippen LogP contribution >= 0.6 is 0 Å². The van der Waals surface area contributed by atoms with E-state index in [1.165, 1.54) is 0 Å². The van der Waals surface area contributed by atoms with Crippen LogP contribution in [0.3, 0.4) is 0 Å². The van der Waals surface area contributed by atoms with E-state index in [1.54, 1.807) is 11.8 Å². The first-order chi connectivity index (χ1) is 8.65. The van der Waals surface area contributed by atoms with Gasteiger partial charge in [-0.25, -0.2) is 16.8 Å². The van der Waals surface area contributed by atoms with E-state index in [2.05, 4.69) is 0 Å². The lowest BCUT2D eigenvalue weighted by Crippen LogP contribution is -2.50. The molecular weight excluding hydrogens is 294 g/mol. The molecule has 1 heterocycles. The van der Waals surface area contributed by atoms with Crippen molar-refractivity contribution in [1.29, 1.82) is 0 Å². The van der Waals surface area contributed by atoms with Gasteiger partial charge < -0.3 is 5.11 Å². The lowest BCUT2D eigenvalue weighted by molar-refractivity contribution is -0.138. The number of aliphatic carboxylic acids is 1. The molecule has 112 valence electrons. The van der Waals surface area contributed by atoms with Crippen molar-refractivity contribution in [3.8, 4) is 0 Å². The van der Waals surface area contributed by atoms with Crippen LogP contribution < -0.4 is 0 Å². The Labute approximate surface area is 113 Å². The highest BCUT2D eigenvalue weighted by atomic mass is 32.2. The lowest BCUT2D eigenvalue weighted by Gasteiger charge is -2.34. The second-order valence-corrected chi connectivity index (χ2v) is 9.34. The second-order valence-electron chi connectivity index (χ2n) is 4.64. The van der Waals surface area contributed by atoms with E-state index in [4.69, 9.17) is 5.11 Å². The number of carbonyl (C=O) groups is 1. The molecule has 0 spiro atoms. The van der Waals surface area contributed by atoms with Crippen molar-refractivity contribution in [3.63, 3.8) is 0 Å². The first-order valence-electron chi connectivity index (χ1n) is 6.02. The van der Waals surface area contributed by atoms with Gasteiger partial charge in [0.2, 0.25) is 0 Å². The fourth-order valence-electron chi connectivity index (χ4n) is 2.01. The van der Waals surface area contributed by atoms with E-state index in [0.29, 0.717) is 0 Å². The summed E-state index contributed by atoms with van der Waals surface area (Å²) in [7, 11) is -6.36. The number of rotatable bonds is 6. The Morgan fingerprint density at radius 1 is 1.42 bits per heavy atom. The average molecular weight is 313 g/mol. The van der Waals surface area contributed by atoms with Gasteiger partial charge in [-0.15, -0.1) is 0 Å². The van der Waals surface area contributed by atoms with Crippen molar-refractivity contribution in [2.75, 3.05) is 36.1 Å². The summed E-state index contributed by atoms with van der Waals surface area (Å²) in [5.74, 6) is -1.38. The Hall–Kier alpha value is -0.670. The third kappa shape index (κ3) is 5.45. The van der Waals surface area contributed by atoms with Gasteiger partial charge in [0.15, 0.2) is 19.7 Å². The highest BCUT2D eigenvalue weighted by molar-refractivity contribution is 7.91. The van der Waals surface area contributed by atoms with E-state index in [0.717, 1.165) is 0 Å². The van der Waals surface area contributed by atoms with E-state index in [1.807, 2.05) is 0 Å². The zero-order valence-corrected chi connectivity index (χ0v) is 12.4. The summed E-state index contributed by atoms with van der Waals surface area (Å²) >= 11 is 0. The standard InChI is InChI=1S/C10H19NO6S2/c1-2-18(14,15)5-3-11-4-6-19(16,17)8-9(11)7-10(12)13/h9H,2-8H2,1H3,(H,12,13). The molecule has 1 N–H and O–H groups in total. The summed E-state index contributed by atoms with van der Waals surface area (Å²) in [5, 5.41) is 8.79. The third-order valence-corrected chi connectivity index (χ3v) is 6.57. The van der Waals surface area contributed by atoms with Crippen LogP contribution in [0, 0.1) is 0 Å². The Bertz CT molecular complexity index is 524. The highest BCUT2D eigenvalue weighted by Crippen LogP contribution is 2.15. The molecule has 0 saturated carbocycles. The monoisotopic (exact) mass is 313 g/mol. The van der Waals surface area contributed by atoms with Crippen molar-refractivity contribution in [1.82, 2.24) is 4.90 Å². The normalized spacial score (nSPS) is 24.2. The minimum atomic E-state index is -3.22. The maximum absolute atomic E-state index is 11.5. The van der Waals surface area contributed by atoms with Crippen LogP contribution in [-0.2, 0) is 24.5 Å². The maximum atomic E-state index is 11.5. The summed E-state index contributed by atoms with van der Waals surface area (Å²) in [6.45, 7) is 1.92. The minimum Gasteiger partial charge on any atom is -0.481 e. The topological polar surface area (TPSA) is 109 Å². The van der Waals surface area contributed by atoms with Crippen molar-refractivity contribution in [3.05, 3.63) is 0 Å². The number of carboxylic acid groups (broad SMARTS) is 1. The van der Waals surface area contributed by atoms with Gasteiger partial charge in [0.05, 0.1) is 23.7 Å². The van der Waals surface area contributed by atoms with Crippen LogP contribution in [0.5, 0.6) is 0 Å². The van der Waals surface area contributed by atoms with E-state index in [9.17, 15) is 21.6 Å². The molecule has 1 unspecified atom stereocenters. The van der Waals surface area contributed by atoms with Crippen LogP contribution in [0.2, 0.25) is 0 Å². The maximum Gasteiger partial charge on any atom is 0.304 e. The molecule has 0 radical (unpaired) electrons. The third-order valence-electron chi connectivity index (χ3n) is 3.19. The molecule has 1 atom stereocenters. The molecule has 0 amide bonds. The van der Waals surface area contributed by atoms with Crippen LogP contribution in [0.15, 0.2) is 0 Å². The molecular formula is C10H19NO6S2. The zero-order chi connectivity index (χ0) is 14.7. The van der Waals surface area contributed by atoms with Crippen LogP contribution in [-0.4, -0.2) is 75.0 Å². The molecule has 0 aromatic rings. The molecule has 1 aliphatic rings. The van der Waals surface area contributed by atoms with Crippen molar-refractivity contribution in [2.45, 2.75) is 19.4 Å². The van der Waals surface area contributed by atoms with Gasteiger partial charge in [-0.2, -0.15) is 0 Å². The second kappa shape index (κ2) is 6.19. The SMILES string of the molecule is CCS(=O)(=O)CCN1CCS(=O)(=O)CC1CC(=O)O. The summed E-state index contributed by atoms with van der Waals surface area (Å²) < 4.78 is 45.9. The van der Waals surface area contributed by atoms with Crippen molar-refractivity contribution >= 4 is 25.6 Å². The van der Waals surface area contributed by atoms with E-state index in [-0.39, 0.29) is 42.5 Å². The predicted molar refractivity (Wildman–Crippen MR) is 70.6 cm³/mol. The fraction of sp³-hybridized carbons (Fsp3) is 0.900. The Morgan fingerprint density at radius 2 is 2.05 bits per heavy atom. The molecule has 1 saturated heterocycles. The van der Waals surface area contributed by atoms with E-state index >= 15 is 0 Å². The first-order valence-corrected chi connectivity index (χ1v) is 9.66. The predicted octanol–water partition coefficient (Wildman–Crippen LogP) is -1.01. The van der Waals surface area contributed by atoms with Gasteiger partial charge in [-0.1, -0.05) is 6.92 Å². The molecule has 0 aromatic carbocycles. The van der Waals surface area contributed by atoms with Gasteiger partial charge in [0.1, 0.15) is 0 Å². The largest absolute Gasteiger partial charge is 0.481 e. The lowest BCUT2D eigenvalue weighted by atomic mass is 10.2. The Kier molecular flexibility index (Phi) is 5.34. The number of nitrogens with zero attached hydrogens (tertiary/aromatic N) is 1. The van der Waals surface area contributed by atoms with Gasteiger partial charge in [0, 0.05) is 24.9 Å². The summed E-state index contributed by atoms with van der Waals surface area (Å²) in [6.07, 6.45) is -0.286. The first kappa shape index (κ1) is 16.4. The van der Waals surface area contributed by atoms with Crippen LogP contribution in [0.25, 0.3) is 0 Å². The molecule has 7 nitrogen and oxygen atoms in total. The quantitative estimate of drug-likeness (QED) is 0.669. The Balaban J connectivity index is 2.71. The number of sulfone groups is 2. The van der Waals surface area contributed by atoms with Gasteiger partial charge in [0.25, 0.3) is 0 Å². The number of hydrogen-bond acceptors (Lipinski definition) is 6. The van der Waals surface area contributed by atoms with Gasteiger partial charge in [-0.05, 0) is 0 Å². The minimum absolute atomic E-state index is 0.0305. The molecule has 1 fully saturated rings. The molecule has 19 heavy (non-hydrogen) atoms. The van der Waals surface area contributed by atoms with Crippen LogP contribution in [0.4, 0.5) is 0 Å². The molecule has 1 rings (SSSR count). The smallest absolute Gasteiger partial charge is 0.304 e. The number of carboxylic acids is 1. The molecule has 0 bridgehead atoms. The fourth-order valence-corrected chi connectivity index (χ4v) is 4.40. The summed E-state index contributed by atoms with van der Waals surface area (Å²) in [4.78, 5) is 12.4. The molecule has 0 aliphatic carbocycles. The Morgan fingerprint density at radius 3 is 2.58 bits per heavy atom. The summed E-state index contributed by atoms with van der Waals surface area (Å²) in [6, 6.07) is -0.636. The average Bonchev–Trinajstić information content (AvgIpc) is 2.26. The van der Waals surface area contributed by atoms with Gasteiger partial charge in [-0.3, -0.25) is 9.69 Å². The molecule has 1 aliphatic heterocycles. The van der Waals surface area contributed by atoms with Crippen molar-refractivity contribution in [2.24, 2.45) is 0 Å². The van der Waals surface area contributed by atoms with Crippen LogP contribution in [0.1, 0.15) is 13.3 Å². The zero-order valence-electron chi connectivity index (χ0n) is 10.8. The highest BCUT2D eigenvalue weighted by Gasteiger charge is 2.32. The number of hydrogen-bond donors (Lipinski definition) is 1. The van der Waals surface area contributed by atoms with E-state index < -0.39 is 31.7 Å². The molecule has 9 heteroatoms. The molecule has 0 aromatic heterocycles. The van der Waals surface area contributed by atoms with Crippen molar-refractivity contribution < 1.29 is 26.7 Å². The van der Waals surface area contributed by atoms with Gasteiger partial charge >= 0.3 is 5.97 Å². The summed E-state index contributed by atoms with van der Waals surface area (Å²) in [5.41, 5.74) is 0.